The zero-order chi connectivity index (χ0) is 99.8. The van der Waals surface area contributed by atoms with E-state index in [1.165, 1.54) is 68.4 Å². The number of likely N-dealkylation sites (tertiary alicyclic amines) is 1. The highest BCUT2D eigenvalue weighted by Crippen LogP contribution is 2.42. The van der Waals surface area contributed by atoms with Crippen LogP contribution in [0.15, 0.2) is 235 Å². The Hall–Kier alpha value is -13.7. The first kappa shape index (κ1) is 97.5. The molecule has 1 spiro atoms. The number of nitrogens with zero attached hydrogens (tertiary/aromatic N) is 17. The molecule has 141 heavy (non-hydrogen) atoms. The summed E-state index contributed by atoms with van der Waals surface area (Å²) in [6.07, 6.45) is 1.79. The number of anilines is 1. The lowest BCUT2D eigenvalue weighted by molar-refractivity contribution is -0.141. The van der Waals surface area contributed by atoms with Crippen LogP contribution in [-0.2, 0) is 72.5 Å². The van der Waals surface area contributed by atoms with Crippen LogP contribution in [0.3, 0.4) is 0 Å². The first-order valence-corrected chi connectivity index (χ1v) is 48.3. The van der Waals surface area contributed by atoms with E-state index >= 15 is 0 Å². The highest BCUT2D eigenvalue weighted by Gasteiger charge is 2.51. The van der Waals surface area contributed by atoms with Gasteiger partial charge in [-0.25, -0.2) is 38.1 Å². The zero-order valence-electron chi connectivity index (χ0n) is 77.3. The summed E-state index contributed by atoms with van der Waals surface area (Å²) in [4.78, 5) is 149. The molecule has 5 aliphatic heterocycles. The minimum absolute atomic E-state index is 0.0408. The molecule has 20 rings (SSSR count). The lowest BCUT2D eigenvalue weighted by Gasteiger charge is -2.60. The van der Waals surface area contributed by atoms with Crippen molar-refractivity contribution in [2.24, 2.45) is 12.5 Å². The van der Waals surface area contributed by atoms with Crippen molar-refractivity contribution in [2.45, 2.75) is 131 Å². The Morgan fingerprint density at radius 3 is 1.33 bits per heavy atom. The quantitative estimate of drug-likeness (QED) is 0.0673. The van der Waals surface area contributed by atoms with Gasteiger partial charge in [-0.2, -0.15) is 18.3 Å². The molecule has 3 unspecified atom stereocenters. The Balaban J connectivity index is 0.000000140. The van der Waals surface area contributed by atoms with E-state index < -0.39 is 53.8 Å². The number of benzene rings is 9. The summed E-state index contributed by atoms with van der Waals surface area (Å²) in [7, 11) is 4.03. The third-order valence-electron chi connectivity index (χ3n) is 26.4. The fourth-order valence-electron chi connectivity index (χ4n) is 19.2. The van der Waals surface area contributed by atoms with Gasteiger partial charge < -0.3 is 45.0 Å². The van der Waals surface area contributed by atoms with Gasteiger partial charge in [-0.1, -0.05) is 107 Å². The number of halogens is 10. The molecule has 0 aliphatic carbocycles. The van der Waals surface area contributed by atoms with Crippen molar-refractivity contribution in [3.8, 4) is 28.5 Å². The van der Waals surface area contributed by atoms with Gasteiger partial charge in [-0.15, -0.1) is 0 Å². The van der Waals surface area contributed by atoms with Crippen LogP contribution in [-0.4, -0.2) is 169 Å². The molecule has 0 saturated carbocycles. The minimum atomic E-state index is -4.50. The van der Waals surface area contributed by atoms with Crippen molar-refractivity contribution in [3.05, 3.63) is 358 Å². The number of carbonyl (C=O) groups is 6. The molecule has 6 amide bonds. The molecule has 3 atom stereocenters. The van der Waals surface area contributed by atoms with Crippen LogP contribution < -0.4 is 37.9 Å². The third kappa shape index (κ3) is 19.3. The molecular weight excluding hydrogens is 2050 g/mol. The van der Waals surface area contributed by atoms with Crippen LogP contribution in [0.5, 0.6) is 0 Å². The van der Waals surface area contributed by atoms with Crippen LogP contribution in [0.1, 0.15) is 134 Å². The van der Waals surface area contributed by atoms with Crippen LogP contribution in [0, 0.1) is 37.8 Å². The molecular formula is C102H92Br3Cl2F5N20O9. The number of amides is 6. The van der Waals surface area contributed by atoms with Crippen LogP contribution in [0.2, 0.25) is 10.0 Å². The van der Waals surface area contributed by atoms with Gasteiger partial charge in [0.1, 0.15) is 35.3 Å². The molecule has 9 aromatic carbocycles. The van der Waals surface area contributed by atoms with E-state index in [4.69, 9.17) is 23.2 Å². The molecule has 39 heteroatoms. The number of nitrogens with one attached hydrogen (secondary N) is 3. The molecule has 11 heterocycles. The number of aromatic nitrogens is 12. The lowest BCUT2D eigenvalue weighted by Crippen LogP contribution is -2.71. The number of imidazole rings is 4. The second-order valence-electron chi connectivity index (χ2n) is 36.2. The maximum absolute atomic E-state index is 14.6. The number of rotatable bonds is 18. The molecule has 2 fully saturated rings. The Morgan fingerprint density at radius 1 is 0.475 bits per heavy atom. The highest BCUT2D eigenvalue weighted by molar-refractivity contribution is 9.11. The number of hydrogen-bond acceptors (Lipinski definition) is 15. The molecule has 6 aromatic heterocycles. The van der Waals surface area contributed by atoms with E-state index in [1.807, 2.05) is 131 Å². The van der Waals surface area contributed by atoms with E-state index in [0.29, 0.717) is 61.6 Å². The Morgan fingerprint density at radius 2 is 0.894 bits per heavy atom. The summed E-state index contributed by atoms with van der Waals surface area (Å²) in [5.41, 5.74) is 10.4. The van der Waals surface area contributed by atoms with Crippen molar-refractivity contribution in [1.82, 2.24) is 92.3 Å². The molecule has 0 bridgehead atoms. The number of carbonyl (C=O) groups excluding carboxylic acids is 6. The van der Waals surface area contributed by atoms with E-state index in [-0.39, 0.29) is 155 Å². The van der Waals surface area contributed by atoms with Gasteiger partial charge >= 0.3 is 23.2 Å². The van der Waals surface area contributed by atoms with Crippen LogP contribution >= 0.6 is 71.0 Å². The number of hydrogen-bond donors (Lipinski definition) is 3. The second-order valence-corrected chi connectivity index (χ2v) is 39.6. The summed E-state index contributed by atoms with van der Waals surface area (Å²) in [5, 5.41) is 12.9. The van der Waals surface area contributed by atoms with Gasteiger partial charge in [0.15, 0.2) is 5.82 Å². The highest BCUT2D eigenvalue weighted by atomic mass is 79.9. The summed E-state index contributed by atoms with van der Waals surface area (Å²) >= 11 is 22.9. The summed E-state index contributed by atoms with van der Waals surface area (Å²) in [6, 6.07) is 50.3. The standard InChI is InChI=1S/C35H35BrClFN6O3.C35H31BrN8O3.C32H26BrClF4N6O3/c1-21-13-23(7-12-27(21)36)33(46)42-16-30-31(32(45)39-14-26-28(37)5-4-6-29(26)38)44(34(47)43(30)15-22(42)2)25-10-8-24(9-11-25)41-19-35(20-41)17-40(3)18-35;1-21-15-23(9-11-27(21)36)34(46)42-19-30-31(33(45)39-17-24-7-4-5-8-26(24)32-37-13-6-14-38-32)44(35(47)43(30)18-22(42)2)25-10-12-29-28(16-25)40-20-41(29)3;1-17-10-19(6-8-23(17)33)30(46)41-15-27-28(29(45)39-13-22-24(34)4-3-5-25(22)35)44(31(47)42(27)14-18(41)2)21-7-9-26-20(11-21)12-40-43(26)16-32(36,37)38/h4-13,22H,14-20H2,1-3H3,(H,39,45);4-16,20,22H,17-19H2,1-3H3,(H,39,45);3-12,18H,13-16H2,1-2H3,(H,39,45). The van der Waals surface area contributed by atoms with Crippen molar-refractivity contribution in [3.63, 3.8) is 0 Å². The number of fused-ring (bicyclic) bond motifs is 5. The van der Waals surface area contributed by atoms with E-state index in [0.717, 1.165) is 87.9 Å². The predicted molar refractivity (Wildman–Crippen MR) is 534 cm³/mol. The molecule has 5 aliphatic rings. The average molecular weight is 2150 g/mol. The second kappa shape index (κ2) is 39.4. The molecule has 15 aromatic rings. The minimum Gasteiger partial charge on any atom is -0.370 e. The Labute approximate surface area is 839 Å². The van der Waals surface area contributed by atoms with Crippen molar-refractivity contribution >= 4 is 134 Å². The normalized spacial score (nSPS) is 15.9. The van der Waals surface area contributed by atoms with E-state index in [9.17, 15) is 65.1 Å². The summed E-state index contributed by atoms with van der Waals surface area (Å²) in [6.45, 7) is 14.4. The lowest BCUT2D eigenvalue weighted by atomic mass is 9.73. The Bertz CT molecular complexity index is 7710. The van der Waals surface area contributed by atoms with Crippen molar-refractivity contribution in [2.75, 3.05) is 38.1 Å². The first-order valence-electron chi connectivity index (χ1n) is 45.2. The molecule has 29 nitrogen and oxygen atoms in total. The third-order valence-corrected chi connectivity index (χ3v) is 29.8. The van der Waals surface area contributed by atoms with Gasteiger partial charge in [0.05, 0.1) is 82.9 Å². The SMILES string of the molecule is Cc1cc(C(=O)N2Cc3c(C(=O)NCc4c(F)cccc4Cl)n(-c4ccc(N5CC6(CN(C)C6)C5)cc4)c(=O)n3CC2C)ccc1Br.Cc1cc(C(=O)N2Cc3c(C(=O)NCc4c(F)cccc4Cl)n(-c4ccc5c(cnn5CC(F)(F)F)c4)c(=O)n3CC2C)ccc1Br.Cc1cc(C(=O)N2Cc3c(C(=O)NCc4ccccc4-c4ncccn4)n(-c4ccc5c(c4)ncn5C)c(=O)n3CC2C)ccc1Br. The maximum Gasteiger partial charge on any atom is 0.408 e. The predicted octanol–water partition coefficient (Wildman–Crippen LogP) is 16.6. The molecule has 724 valence electrons. The summed E-state index contributed by atoms with van der Waals surface area (Å²) in [5.74, 6) is -3.05. The van der Waals surface area contributed by atoms with Gasteiger partial charge in [0.2, 0.25) is 0 Å². The fraction of sp³-hybridized carbons (Fsp3) is 0.265. The van der Waals surface area contributed by atoms with Gasteiger partial charge in [0.25, 0.3) is 35.4 Å². The van der Waals surface area contributed by atoms with Crippen LogP contribution in [0.4, 0.5) is 27.6 Å². The molecule has 3 N–H and O–H groups in total. The van der Waals surface area contributed by atoms with E-state index in [2.05, 4.69) is 101 Å². The monoisotopic (exact) mass is 2140 g/mol. The van der Waals surface area contributed by atoms with Crippen LogP contribution in [0.25, 0.3) is 50.4 Å². The molecule has 0 radical (unpaired) electrons. The average Bonchev–Trinajstić information content (AvgIpc) is 1.59. The van der Waals surface area contributed by atoms with Gasteiger partial charge in [-0.3, -0.25) is 60.9 Å². The fourth-order valence-corrected chi connectivity index (χ4v) is 20.4. The number of aryl methyl sites for hydroxylation is 4. The largest absolute Gasteiger partial charge is 0.408 e. The van der Waals surface area contributed by atoms with Crippen molar-refractivity contribution < 1.29 is 50.7 Å². The Kier molecular flexibility index (Phi) is 27.2. The van der Waals surface area contributed by atoms with Gasteiger partial charge in [0, 0.05) is 176 Å². The maximum atomic E-state index is 14.6. The van der Waals surface area contributed by atoms with Gasteiger partial charge in [-0.05, 0) is 216 Å². The summed E-state index contributed by atoms with van der Waals surface area (Å²) < 4.78 is 82.4. The van der Waals surface area contributed by atoms with E-state index in [1.54, 1.807) is 98.0 Å². The molecule has 2 saturated heterocycles. The zero-order valence-corrected chi connectivity index (χ0v) is 83.6. The number of alkyl halides is 3. The van der Waals surface area contributed by atoms with Crippen molar-refractivity contribution in [1.29, 1.82) is 0 Å². The first-order chi connectivity index (χ1) is 67.4. The topological polar surface area (TPSA) is 297 Å². The smallest absolute Gasteiger partial charge is 0.370 e.